The molecule has 0 saturated carbocycles. The molecule has 0 fully saturated rings. The van der Waals surface area contributed by atoms with E-state index in [1.807, 2.05) is 31.5 Å². The quantitative estimate of drug-likeness (QED) is 0.625. The van der Waals surface area contributed by atoms with E-state index in [2.05, 4.69) is 18.3 Å². The Morgan fingerprint density at radius 3 is 2.62 bits per heavy atom. The van der Waals surface area contributed by atoms with E-state index in [9.17, 15) is 4.79 Å². The van der Waals surface area contributed by atoms with Crippen LogP contribution in [0.3, 0.4) is 0 Å². The zero-order valence-corrected chi connectivity index (χ0v) is 10.7. The predicted molar refractivity (Wildman–Crippen MR) is 70.8 cm³/mol. The van der Waals surface area contributed by atoms with Crippen molar-refractivity contribution >= 4 is 22.7 Å². The topological polar surface area (TPSA) is 29.1 Å². The van der Waals surface area contributed by atoms with E-state index >= 15 is 0 Å². The number of ketones is 1. The minimum Gasteiger partial charge on any atom is -0.394 e. The molecule has 0 bridgehead atoms. The van der Waals surface area contributed by atoms with Gasteiger partial charge in [0.05, 0.1) is 4.88 Å². The third-order valence-electron chi connectivity index (χ3n) is 2.09. The molecule has 86 valence electrons. The Labute approximate surface area is 101 Å². The van der Waals surface area contributed by atoms with Crippen LogP contribution in [0, 0.1) is 0 Å². The molecule has 0 radical (unpaired) electrons. The number of nitrogens with one attached hydrogen (secondary N) is 1. The maximum absolute atomic E-state index is 11.2. The first-order valence-corrected chi connectivity index (χ1v) is 6.15. The number of rotatable bonds is 5. The zero-order chi connectivity index (χ0) is 12.0. The number of Topliss-reactive ketones (excluding diaryl/α,β-unsaturated/α-hetero) is 1. The summed E-state index contributed by atoms with van der Waals surface area (Å²) in [5, 5.41) is 2.97. The van der Waals surface area contributed by atoms with Crippen LogP contribution in [0.1, 0.15) is 34.8 Å². The molecular formula is C13H17NOS. The van der Waals surface area contributed by atoms with Crippen LogP contribution in [0.2, 0.25) is 0 Å². The fourth-order valence-electron chi connectivity index (χ4n) is 1.33. The van der Waals surface area contributed by atoms with Crippen LogP contribution in [-0.4, -0.2) is 12.8 Å². The summed E-state index contributed by atoms with van der Waals surface area (Å²) in [6.45, 7) is 3.70. The van der Waals surface area contributed by atoms with Crippen molar-refractivity contribution < 1.29 is 4.79 Å². The normalized spacial score (nSPS) is 12.1. The summed E-state index contributed by atoms with van der Waals surface area (Å²) in [7, 11) is 1.87. The van der Waals surface area contributed by atoms with Crippen molar-refractivity contribution in [2.24, 2.45) is 0 Å². The van der Waals surface area contributed by atoms with Crippen molar-refractivity contribution in [3.63, 3.8) is 0 Å². The number of thiophene rings is 1. The fraction of sp³-hybridized carbons (Fsp3) is 0.308. The van der Waals surface area contributed by atoms with E-state index in [4.69, 9.17) is 0 Å². The monoisotopic (exact) mass is 235 g/mol. The number of hydrogen-bond acceptors (Lipinski definition) is 3. The molecule has 0 spiro atoms. The Morgan fingerprint density at radius 2 is 2.12 bits per heavy atom. The van der Waals surface area contributed by atoms with Gasteiger partial charge in [-0.3, -0.25) is 4.79 Å². The third kappa shape index (κ3) is 3.35. The van der Waals surface area contributed by atoms with Crippen LogP contribution in [0.15, 0.2) is 30.5 Å². The van der Waals surface area contributed by atoms with Gasteiger partial charge < -0.3 is 5.32 Å². The van der Waals surface area contributed by atoms with E-state index < -0.39 is 0 Å². The van der Waals surface area contributed by atoms with Gasteiger partial charge in [-0.05, 0) is 43.3 Å². The highest BCUT2D eigenvalue weighted by molar-refractivity contribution is 7.15. The van der Waals surface area contributed by atoms with Crippen LogP contribution < -0.4 is 5.32 Å². The summed E-state index contributed by atoms with van der Waals surface area (Å²) in [5.74, 6) is 0.129. The molecule has 0 aliphatic carbocycles. The molecule has 1 N–H and O–H groups in total. The number of carbonyl (C=O) groups is 1. The lowest BCUT2D eigenvalue weighted by atomic mass is 10.2. The molecule has 0 unspecified atom stereocenters. The van der Waals surface area contributed by atoms with Gasteiger partial charge in [0.2, 0.25) is 0 Å². The Hall–Kier alpha value is -1.35. The molecule has 1 rings (SSSR count). The van der Waals surface area contributed by atoms with Gasteiger partial charge >= 0.3 is 0 Å². The molecule has 1 aromatic rings. The molecule has 0 aliphatic heterocycles. The minimum atomic E-state index is 0.129. The Kier molecular flexibility index (Phi) is 4.99. The first-order valence-electron chi connectivity index (χ1n) is 5.34. The molecule has 2 nitrogen and oxygen atoms in total. The highest BCUT2D eigenvalue weighted by atomic mass is 32.1. The molecule has 3 heteroatoms. The summed E-state index contributed by atoms with van der Waals surface area (Å²) in [4.78, 5) is 13.2. The Bertz CT molecular complexity index is 415. The van der Waals surface area contributed by atoms with Crippen LogP contribution in [0.4, 0.5) is 0 Å². The number of hydrogen-bond donors (Lipinski definition) is 1. The number of allylic oxidation sites excluding steroid dienone is 3. The van der Waals surface area contributed by atoms with E-state index in [0.29, 0.717) is 0 Å². The van der Waals surface area contributed by atoms with Crippen LogP contribution in [0.25, 0.3) is 5.57 Å². The van der Waals surface area contributed by atoms with E-state index in [1.54, 1.807) is 18.3 Å². The molecule has 1 heterocycles. The molecule has 0 atom stereocenters. The second-order valence-corrected chi connectivity index (χ2v) is 4.49. The average molecular weight is 235 g/mol. The predicted octanol–water partition coefficient (Wildman–Crippen LogP) is 3.48. The number of carbonyl (C=O) groups excluding carboxylic acids is 1. The van der Waals surface area contributed by atoms with Crippen LogP contribution >= 0.6 is 11.3 Å². The van der Waals surface area contributed by atoms with E-state index in [1.165, 1.54) is 0 Å². The average Bonchev–Trinajstić information content (AvgIpc) is 2.73. The molecule has 0 aromatic carbocycles. The molecule has 16 heavy (non-hydrogen) atoms. The molecule has 0 saturated heterocycles. The van der Waals surface area contributed by atoms with Crippen molar-refractivity contribution in [1.82, 2.24) is 5.32 Å². The van der Waals surface area contributed by atoms with Crippen molar-refractivity contribution in [3.05, 3.63) is 40.2 Å². The fourth-order valence-corrected chi connectivity index (χ4v) is 2.25. The standard InChI is InChI=1S/C13H17NOS/c1-4-5-11(8-9-14-3)13-7-6-12(16-13)10(2)15/h5-9,14H,4H2,1-3H3/b9-8-,11-5+. The lowest BCUT2D eigenvalue weighted by Gasteiger charge is -1.97. The second kappa shape index (κ2) is 6.28. The lowest BCUT2D eigenvalue weighted by molar-refractivity contribution is 0.102. The molecule has 1 aromatic heterocycles. The Balaban J connectivity index is 2.97. The minimum absolute atomic E-state index is 0.129. The van der Waals surface area contributed by atoms with Gasteiger partial charge in [-0.15, -0.1) is 11.3 Å². The van der Waals surface area contributed by atoms with Crippen LogP contribution in [-0.2, 0) is 0 Å². The van der Waals surface area contributed by atoms with Gasteiger partial charge in [0.25, 0.3) is 0 Å². The van der Waals surface area contributed by atoms with Crippen molar-refractivity contribution in [3.8, 4) is 0 Å². The van der Waals surface area contributed by atoms with Gasteiger partial charge in [-0.2, -0.15) is 0 Å². The van der Waals surface area contributed by atoms with Gasteiger partial charge in [0, 0.05) is 11.9 Å². The van der Waals surface area contributed by atoms with Crippen molar-refractivity contribution in [1.29, 1.82) is 0 Å². The summed E-state index contributed by atoms with van der Waals surface area (Å²) < 4.78 is 0. The maximum Gasteiger partial charge on any atom is 0.169 e. The van der Waals surface area contributed by atoms with Gasteiger partial charge in [-0.1, -0.05) is 13.0 Å². The summed E-state index contributed by atoms with van der Waals surface area (Å²) in [6.07, 6.45) is 7.06. The van der Waals surface area contributed by atoms with Gasteiger partial charge in [0.15, 0.2) is 5.78 Å². The van der Waals surface area contributed by atoms with Gasteiger partial charge in [-0.25, -0.2) is 0 Å². The summed E-state index contributed by atoms with van der Waals surface area (Å²) >= 11 is 1.54. The highest BCUT2D eigenvalue weighted by Crippen LogP contribution is 2.25. The second-order valence-electron chi connectivity index (χ2n) is 3.41. The summed E-state index contributed by atoms with van der Waals surface area (Å²) in [5.41, 5.74) is 1.16. The Morgan fingerprint density at radius 1 is 1.44 bits per heavy atom. The zero-order valence-electron chi connectivity index (χ0n) is 9.91. The largest absolute Gasteiger partial charge is 0.394 e. The third-order valence-corrected chi connectivity index (χ3v) is 3.33. The van der Waals surface area contributed by atoms with E-state index in [0.717, 1.165) is 21.7 Å². The lowest BCUT2D eigenvalue weighted by Crippen LogP contribution is -1.91. The SMILES string of the molecule is CC/C=C(\C=C/NC)c1ccc(C(C)=O)s1. The van der Waals surface area contributed by atoms with Crippen molar-refractivity contribution in [2.45, 2.75) is 20.3 Å². The highest BCUT2D eigenvalue weighted by Gasteiger charge is 2.06. The first-order chi connectivity index (χ1) is 7.69. The smallest absolute Gasteiger partial charge is 0.169 e. The maximum atomic E-state index is 11.2. The first kappa shape index (κ1) is 12.7. The van der Waals surface area contributed by atoms with Crippen molar-refractivity contribution in [2.75, 3.05) is 7.05 Å². The molecular weight excluding hydrogens is 218 g/mol. The van der Waals surface area contributed by atoms with E-state index in [-0.39, 0.29) is 5.78 Å². The van der Waals surface area contributed by atoms with Crippen LogP contribution in [0.5, 0.6) is 0 Å². The molecule has 0 amide bonds. The van der Waals surface area contributed by atoms with Gasteiger partial charge in [0.1, 0.15) is 0 Å². The molecule has 0 aliphatic rings. The summed E-state index contributed by atoms with van der Waals surface area (Å²) in [6, 6.07) is 3.89.